The van der Waals surface area contributed by atoms with Gasteiger partial charge in [0.15, 0.2) is 0 Å². The molecule has 0 saturated carbocycles. The maximum Gasteiger partial charge on any atom is 0.410 e. The molecule has 2 amide bonds. The lowest BCUT2D eigenvalue weighted by atomic mass is 10.2. The van der Waals surface area contributed by atoms with Gasteiger partial charge in [-0.15, -0.1) is 0 Å². The van der Waals surface area contributed by atoms with Gasteiger partial charge >= 0.3 is 6.09 Å². The smallest absolute Gasteiger partial charge is 0.410 e. The predicted molar refractivity (Wildman–Crippen MR) is 125 cm³/mol. The monoisotopic (exact) mass is 461 g/mol. The molecule has 1 aliphatic rings. The van der Waals surface area contributed by atoms with Gasteiger partial charge in [0.2, 0.25) is 5.91 Å². The van der Waals surface area contributed by atoms with Crippen LogP contribution in [0.4, 0.5) is 16.2 Å². The lowest BCUT2D eigenvalue weighted by Crippen LogP contribution is -2.43. The van der Waals surface area contributed by atoms with Gasteiger partial charge in [0.1, 0.15) is 24.1 Å². The second-order valence-corrected chi connectivity index (χ2v) is 7.76. The molecule has 1 fully saturated rings. The van der Waals surface area contributed by atoms with Gasteiger partial charge in [-0.05, 0) is 42.7 Å². The van der Waals surface area contributed by atoms with E-state index in [4.69, 9.17) is 9.47 Å². The Morgan fingerprint density at radius 1 is 1.00 bits per heavy atom. The van der Waals surface area contributed by atoms with Gasteiger partial charge in [-0.2, -0.15) is 0 Å². The summed E-state index contributed by atoms with van der Waals surface area (Å²) in [6.07, 6.45) is 0.740. The summed E-state index contributed by atoms with van der Waals surface area (Å²) >= 11 is 0. The van der Waals surface area contributed by atoms with Crippen LogP contribution in [0, 0.1) is 10.1 Å². The Hall–Kier alpha value is -4.40. The molecule has 0 spiro atoms. The molecule has 1 heterocycles. The lowest BCUT2D eigenvalue weighted by Gasteiger charge is -2.23. The first kappa shape index (κ1) is 22.8. The number of likely N-dealkylation sites (tertiary alicyclic amines) is 1. The van der Waals surface area contributed by atoms with Crippen molar-refractivity contribution >= 4 is 23.4 Å². The fourth-order valence-electron chi connectivity index (χ4n) is 3.69. The molecule has 0 radical (unpaired) electrons. The minimum atomic E-state index is -0.623. The number of carbonyl (C=O) groups is 2. The highest BCUT2D eigenvalue weighted by Crippen LogP contribution is 2.27. The molecule has 3 aromatic carbocycles. The number of nitrogens with zero attached hydrogens (tertiary/aromatic N) is 2. The molecular weight excluding hydrogens is 438 g/mol. The van der Waals surface area contributed by atoms with Crippen LogP contribution in [0.15, 0.2) is 78.9 Å². The molecule has 9 nitrogen and oxygen atoms in total. The predicted octanol–water partition coefficient (Wildman–Crippen LogP) is 5.13. The number of hydrogen-bond acceptors (Lipinski definition) is 6. The van der Waals surface area contributed by atoms with E-state index in [9.17, 15) is 19.7 Å². The second kappa shape index (κ2) is 10.5. The van der Waals surface area contributed by atoms with E-state index >= 15 is 0 Å². The molecule has 9 heteroatoms. The molecule has 1 atom stereocenters. The van der Waals surface area contributed by atoms with Gasteiger partial charge in [0, 0.05) is 30.4 Å². The van der Waals surface area contributed by atoms with Crippen LogP contribution in [0.2, 0.25) is 0 Å². The fourth-order valence-corrected chi connectivity index (χ4v) is 3.69. The van der Waals surface area contributed by atoms with Gasteiger partial charge in [-0.1, -0.05) is 36.4 Å². The average molecular weight is 461 g/mol. The highest BCUT2D eigenvalue weighted by atomic mass is 16.6. The van der Waals surface area contributed by atoms with Crippen molar-refractivity contribution in [3.8, 4) is 11.5 Å². The molecule has 1 N–H and O–H groups in total. The molecule has 0 unspecified atom stereocenters. The van der Waals surface area contributed by atoms with Crippen molar-refractivity contribution in [2.24, 2.45) is 0 Å². The van der Waals surface area contributed by atoms with Crippen LogP contribution in [-0.4, -0.2) is 34.4 Å². The molecule has 0 aliphatic carbocycles. The van der Waals surface area contributed by atoms with Gasteiger partial charge < -0.3 is 14.8 Å². The summed E-state index contributed by atoms with van der Waals surface area (Å²) in [4.78, 5) is 37.2. The van der Waals surface area contributed by atoms with Crippen molar-refractivity contribution in [1.82, 2.24) is 4.90 Å². The Balaban J connectivity index is 1.36. The SMILES string of the molecule is O=C(Nc1cccc(Oc2ccc([N+](=O)[O-])cc2)c1)[C@@H]1CCCN1C(=O)OCc1ccccc1. The topological polar surface area (TPSA) is 111 Å². The van der Waals surface area contributed by atoms with E-state index in [2.05, 4.69) is 5.32 Å². The molecule has 34 heavy (non-hydrogen) atoms. The first-order chi connectivity index (χ1) is 16.5. The maximum absolute atomic E-state index is 12.9. The molecular formula is C25H23N3O6. The molecule has 4 rings (SSSR count). The summed E-state index contributed by atoms with van der Waals surface area (Å²) in [5.74, 6) is 0.580. The van der Waals surface area contributed by atoms with Gasteiger partial charge in [0.05, 0.1) is 4.92 Å². The van der Waals surface area contributed by atoms with Gasteiger partial charge in [-0.25, -0.2) is 4.79 Å². The second-order valence-electron chi connectivity index (χ2n) is 7.76. The van der Waals surface area contributed by atoms with E-state index in [1.165, 1.54) is 29.2 Å². The quantitative estimate of drug-likeness (QED) is 0.386. The zero-order valence-electron chi connectivity index (χ0n) is 18.3. The minimum Gasteiger partial charge on any atom is -0.457 e. The number of nitro groups is 1. The number of nitrogens with one attached hydrogen (secondary N) is 1. The first-order valence-electron chi connectivity index (χ1n) is 10.8. The third-order valence-corrected chi connectivity index (χ3v) is 5.38. The summed E-state index contributed by atoms with van der Waals surface area (Å²) in [5.41, 5.74) is 1.35. The van der Waals surface area contributed by atoms with E-state index in [0.717, 1.165) is 5.56 Å². The Kier molecular flexibility index (Phi) is 7.02. The molecule has 1 aliphatic heterocycles. The van der Waals surface area contributed by atoms with Crippen LogP contribution >= 0.6 is 0 Å². The minimum absolute atomic E-state index is 0.0308. The average Bonchev–Trinajstić information content (AvgIpc) is 3.34. The lowest BCUT2D eigenvalue weighted by molar-refractivity contribution is -0.384. The zero-order chi connectivity index (χ0) is 23.9. The number of carbonyl (C=O) groups excluding carboxylic acids is 2. The molecule has 0 bridgehead atoms. The number of benzene rings is 3. The molecule has 1 saturated heterocycles. The highest BCUT2D eigenvalue weighted by molar-refractivity contribution is 5.97. The van der Waals surface area contributed by atoms with E-state index < -0.39 is 17.1 Å². The van der Waals surface area contributed by atoms with E-state index in [1.54, 1.807) is 24.3 Å². The van der Waals surface area contributed by atoms with Crippen LogP contribution in [-0.2, 0) is 16.1 Å². The van der Waals surface area contributed by atoms with Crippen molar-refractivity contribution in [1.29, 1.82) is 0 Å². The number of amides is 2. The third-order valence-electron chi connectivity index (χ3n) is 5.38. The Labute approximate surface area is 196 Å². The standard InChI is InChI=1S/C25H23N3O6/c29-24(23-10-5-15-27(23)25(30)33-17-18-6-2-1-3-7-18)26-19-8-4-9-22(16-19)34-21-13-11-20(12-14-21)28(31)32/h1-4,6-9,11-14,16,23H,5,10,15,17H2,(H,26,29)/t23-/m0/s1. The number of anilines is 1. The summed E-state index contributed by atoms with van der Waals surface area (Å²) in [6, 6.07) is 21.2. The van der Waals surface area contributed by atoms with Crippen LogP contribution in [0.1, 0.15) is 18.4 Å². The number of non-ortho nitro benzene ring substituents is 1. The van der Waals surface area contributed by atoms with Crippen LogP contribution in [0.25, 0.3) is 0 Å². The molecule has 0 aromatic heterocycles. The van der Waals surface area contributed by atoms with Crippen molar-refractivity contribution in [3.63, 3.8) is 0 Å². The third kappa shape index (κ3) is 5.69. The zero-order valence-corrected chi connectivity index (χ0v) is 18.3. The Morgan fingerprint density at radius 3 is 2.50 bits per heavy atom. The van der Waals surface area contributed by atoms with Crippen LogP contribution < -0.4 is 10.1 Å². The number of nitro benzene ring substituents is 1. The van der Waals surface area contributed by atoms with Crippen molar-refractivity contribution in [2.75, 3.05) is 11.9 Å². The van der Waals surface area contributed by atoms with Crippen molar-refractivity contribution in [3.05, 3.63) is 94.5 Å². The van der Waals surface area contributed by atoms with Crippen molar-refractivity contribution < 1.29 is 24.0 Å². The first-order valence-corrected chi connectivity index (χ1v) is 10.8. The summed E-state index contributed by atoms with van der Waals surface area (Å²) in [6.45, 7) is 0.599. The normalized spacial score (nSPS) is 14.9. The summed E-state index contributed by atoms with van der Waals surface area (Å²) in [5, 5.41) is 13.6. The van der Waals surface area contributed by atoms with E-state index in [1.807, 2.05) is 30.3 Å². The van der Waals surface area contributed by atoms with E-state index in [-0.39, 0.29) is 18.2 Å². The van der Waals surface area contributed by atoms with Crippen molar-refractivity contribution in [2.45, 2.75) is 25.5 Å². The van der Waals surface area contributed by atoms with Gasteiger partial charge in [-0.3, -0.25) is 19.8 Å². The largest absolute Gasteiger partial charge is 0.457 e. The number of rotatable bonds is 7. The molecule has 174 valence electrons. The van der Waals surface area contributed by atoms with E-state index in [0.29, 0.717) is 36.6 Å². The maximum atomic E-state index is 12.9. The summed E-state index contributed by atoms with van der Waals surface area (Å²) < 4.78 is 11.1. The Morgan fingerprint density at radius 2 is 1.76 bits per heavy atom. The fraction of sp³-hybridized carbons (Fsp3) is 0.200. The molecule has 3 aromatic rings. The Bertz CT molecular complexity index is 1170. The highest BCUT2D eigenvalue weighted by Gasteiger charge is 2.35. The van der Waals surface area contributed by atoms with Gasteiger partial charge in [0.25, 0.3) is 5.69 Å². The van der Waals surface area contributed by atoms with Crippen LogP contribution in [0.5, 0.6) is 11.5 Å². The number of ether oxygens (including phenoxy) is 2. The van der Waals surface area contributed by atoms with Crippen LogP contribution in [0.3, 0.4) is 0 Å². The summed E-state index contributed by atoms with van der Waals surface area (Å²) in [7, 11) is 0. The number of hydrogen-bond donors (Lipinski definition) is 1.